The van der Waals surface area contributed by atoms with E-state index < -0.39 is 0 Å². The molecule has 1 saturated heterocycles. The van der Waals surface area contributed by atoms with Gasteiger partial charge < -0.3 is 15.0 Å². The van der Waals surface area contributed by atoms with E-state index in [1.54, 1.807) is 35.9 Å². The number of methoxy groups -OCH3 is 1. The van der Waals surface area contributed by atoms with Crippen molar-refractivity contribution in [1.29, 1.82) is 0 Å². The Labute approximate surface area is 164 Å². The van der Waals surface area contributed by atoms with Crippen LogP contribution in [-0.2, 0) is 0 Å². The summed E-state index contributed by atoms with van der Waals surface area (Å²) in [5.41, 5.74) is 1.35. The molecule has 0 radical (unpaired) electrons. The molecule has 5 nitrogen and oxygen atoms in total. The van der Waals surface area contributed by atoms with Gasteiger partial charge in [-0.1, -0.05) is 18.2 Å². The molecule has 1 aliphatic heterocycles. The van der Waals surface area contributed by atoms with Crippen LogP contribution in [-0.4, -0.2) is 43.2 Å². The normalized spacial score (nSPS) is 16.7. The molecule has 0 unspecified atom stereocenters. The van der Waals surface area contributed by atoms with Crippen molar-refractivity contribution in [3.63, 3.8) is 0 Å². The molecule has 0 spiro atoms. The first-order valence-electron chi connectivity index (χ1n) is 8.99. The number of ketones is 1. The van der Waals surface area contributed by atoms with Gasteiger partial charge in [-0.15, -0.1) is 11.8 Å². The first-order valence-corrected chi connectivity index (χ1v) is 10.2. The van der Waals surface area contributed by atoms with Crippen LogP contribution in [0.2, 0.25) is 0 Å². The number of Topliss-reactive ketones (excluding diaryl/α,β-unsaturated/α-hetero) is 1. The van der Waals surface area contributed by atoms with Crippen molar-refractivity contribution >= 4 is 29.3 Å². The van der Waals surface area contributed by atoms with Crippen molar-refractivity contribution < 1.29 is 14.3 Å². The maximum Gasteiger partial charge on any atom is 0.321 e. The zero-order chi connectivity index (χ0) is 19.2. The fraction of sp³-hybridized carbons (Fsp3) is 0.333. The number of thioether (sulfide) groups is 1. The van der Waals surface area contributed by atoms with Crippen LogP contribution in [0.4, 0.5) is 10.5 Å². The quantitative estimate of drug-likeness (QED) is 0.607. The topological polar surface area (TPSA) is 58.6 Å². The lowest BCUT2D eigenvalue weighted by atomic mass is 9.89. The maximum absolute atomic E-state index is 12.9. The molecule has 0 saturated carbocycles. The highest BCUT2D eigenvalue weighted by molar-refractivity contribution is 7.98. The van der Waals surface area contributed by atoms with Crippen molar-refractivity contribution in [2.24, 2.45) is 5.92 Å². The largest absolute Gasteiger partial charge is 0.496 e. The summed E-state index contributed by atoms with van der Waals surface area (Å²) in [4.78, 5) is 28.4. The van der Waals surface area contributed by atoms with Gasteiger partial charge in [0.05, 0.1) is 12.7 Å². The number of benzene rings is 2. The fourth-order valence-electron chi connectivity index (χ4n) is 3.35. The Morgan fingerprint density at radius 1 is 1.19 bits per heavy atom. The van der Waals surface area contributed by atoms with Gasteiger partial charge in [0, 0.05) is 29.6 Å². The highest BCUT2D eigenvalue weighted by Gasteiger charge is 2.30. The Kier molecular flexibility index (Phi) is 6.40. The smallest absolute Gasteiger partial charge is 0.321 e. The van der Waals surface area contributed by atoms with Gasteiger partial charge in [-0.3, -0.25) is 4.79 Å². The van der Waals surface area contributed by atoms with Gasteiger partial charge in [-0.25, -0.2) is 4.79 Å². The third-order valence-electron chi connectivity index (χ3n) is 4.77. The zero-order valence-corrected chi connectivity index (χ0v) is 16.4. The molecule has 0 aliphatic carbocycles. The number of hydrogen-bond acceptors (Lipinski definition) is 4. The number of hydrogen-bond donors (Lipinski definition) is 1. The molecule has 1 heterocycles. The van der Waals surface area contributed by atoms with Gasteiger partial charge >= 0.3 is 6.03 Å². The summed E-state index contributed by atoms with van der Waals surface area (Å²) in [6.07, 6.45) is 3.59. The second-order valence-corrected chi connectivity index (χ2v) is 7.39. The highest BCUT2D eigenvalue weighted by Crippen LogP contribution is 2.27. The summed E-state index contributed by atoms with van der Waals surface area (Å²) in [6, 6.07) is 14.8. The van der Waals surface area contributed by atoms with Gasteiger partial charge in [-0.05, 0) is 49.4 Å². The van der Waals surface area contributed by atoms with E-state index in [4.69, 9.17) is 4.74 Å². The molecule has 1 N–H and O–H groups in total. The molecule has 2 aromatic rings. The van der Waals surface area contributed by atoms with Gasteiger partial charge in [0.25, 0.3) is 0 Å². The van der Waals surface area contributed by atoms with E-state index >= 15 is 0 Å². The van der Waals surface area contributed by atoms with Crippen molar-refractivity contribution in [2.75, 3.05) is 31.8 Å². The number of para-hydroxylation sites is 1. The van der Waals surface area contributed by atoms with Gasteiger partial charge in [0.15, 0.2) is 5.78 Å². The molecule has 0 aromatic heterocycles. The molecule has 1 fully saturated rings. The number of urea groups is 1. The van der Waals surface area contributed by atoms with Crippen LogP contribution in [0, 0.1) is 5.92 Å². The van der Waals surface area contributed by atoms with Crippen LogP contribution in [0.5, 0.6) is 5.75 Å². The monoisotopic (exact) mass is 384 g/mol. The van der Waals surface area contributed by atoms with Crippen molar-refractivity contribution in [2.45, 2.75) is 17.7 Å². The first-order chi connectivity index (χ1) is 13.1. The lowest BCUT2D eigenvalue weighted by molar-refractivity contribution is 0.0848. The summed E-state index contributed by atoms with van der Waals surface area (Å²) in [7, 11) is 1.56. The minimum absolute atomic E-state index is 0.0364. The van der Waals surface area contributed by atoms with E-state index in [0.717, 1.165) is 23.4 Å². The number of likely N-dealkylation sites (tertiary alicyclic amines) is 1. The average molecular weight is 385 g/mol. The van der Waals surface area contributed by atoms with Crippen LogP contribution >= 0.6 is 11.8 Å². The van der Waals surface area contributed by atoms with Crippen LogP contribution in [0.25, 0.3) is 0 Å². The molecule has 3 rings (SSSR count). The number of carbonyl (C=O) groups excluding carboxylic acids is 2. The van der Waals surface area contributed by atoms with Gasteiger partial charge in [0.1, 0.15) is 5.75 Å². The van der Waals surface area contributed by atoms with Crippen molar-refractivity contribution in [3.05, 3.63) is 54.1 Å². The van der Waals surface area contributed by atoms with Crippen LogP contribution < -0.4 is 10.1 Å². The van der Waals surface area contributed by atoms with E-state index in [1.807, 2.05) is 42.7 Å². The molecular weight excluding hydrogens is 360 g/mol. The minimum atomic E-state index is -0.210. The van der Waals surface area contributed by atoms with Gasteiger partial charge in [0.2, 0.25) is 0 Å². The number of piperidine rings is 1. The maximum atomic E-state index is 12.9. The summed E-state index contributed by atoms with van der Waals surface area (Å²) in [5.74, 6) is 0.408. The first kappa shape index (κ1) is 19.3. The number of nitrogens with one attached hydrogen (secondary N) is 1. The summed E-state index contributed by atoms with van der Waals surface area (Å²) < 4.78 is 5.32. The number of ether oxygens (including phenoxy) is 1. The Balaban J connectivity index is 1.68. The predicted octanol–water partition coefficient (Wildman–Crippen LogP) is 4.54. The Morgan fingerprint density at radius 2 is 2.00 bits per heavy atom. The molecule has 2 aromatic carbocycles. The van der Waals surface area contributed by atoms with Crippen molar-refractivity contribution in [3.8, 4) is 5.75 Å². The Bertz CT molecular complexity index is 825. The molecule has 1 atom stereocenters. The van der Waals surface area contributed by atoms with E-state index in [9.17, 15) is 9.59 Å². The Hall–Kier alpha value is -2.47. The lowest BCUT2D eigenvalue weighted by Gasteiger charge is -2.32. The van der Waals surface area contributed by atoms with E-state index in [-0.39, 0.29) is 17.7 Å². The molecule has 142 valence electrons. The molecule has 2 amide bonds. The Morgan fingerprint density at radius 3 is 2.78 bits per heavy atom. The molecule has 0 bridgehead atoms. The average Bonchev–Trinajstić information content (AvgIpc) is 2.73. The number of carbonyl (C=O) groups is 2. The standard InChI is InChI=1S/C21H24N2O3S/c1-26-19-11-4-3-10-18(19)20(24)15-7-6-12-23(14-15)21(25)22-16-8-5-9-17(13-16)27-2/h3-5,8-11,13,15H,6-7,12,14H2,1-2H3,(H,22,25)/t15-/m0/s1. The second-order valence-electron chi connectivity index (χ2n) is 6.51. The molecule has 27 heavy (non-hydrogen) atoms. The number of anilines is 1. The van der Waals surface area contributed by atoms with Crippen LogP contribution in [0.15, 0.2) is 53.4 Å². The van der Waals surface area contributed by atoms with E-state index in [0.29, 0.717) is 24.4 Å². The third kappa shape index (κ3) is 4.63. The predicted molar refractivity (Wildman–Crippen MR) is 109 cm³/mol. The summed E-state index contributed by atoms with van der Waals surface area (Å²) in [5, 5.41) is 2.95. The van der Waals surface area contributed by atoms with Crippen molar-refractivity contribution in [1.82, 2.24) is 4.90 Å². The summed E-state index contributed by atoms with van der Waals surface area (Å²) >= 11 is 1.63. The van der Waals surface area contributed by atoms with Crippen LogP contribution in [0.3, 0.4) is 0 Å². The number of nitrogens with zero attached hydrogens (tertiary/aromatic N) is 1. The zero-order valence-electron chi connectivity index (χ0n) is 15.6. The molecule has 6 heteroatoms. The molecular formula is C21H24N2O3S. The number of rotatable bonds is 5. The highest BCUT2D eigenvalue weighted by atomic mass is 32.2. The van der Waals surface area contributed by atoms with E-state index in [2.05, 4.69) is 5.32 Å². The van der Waals surface area contributed by atoms with Crippen LogP contribution in [0.1, 0.15) is 23.2 Å². The minimum Gasteiger partial charge on any atom is -0.496 e. The SMILES string of the molecule is COc1ccccc1C(=O)[C@H]1CCCN(C(=O)Nc2cccc(SC)c2)C1. The lowest BCUT2D eigenvalue weighted by Crippen LogP contribution is -2.44. The third-order valence-corrected chi connectivity index (χ3v) is 5.50. The van der Waals surface area contributed by atoms with E-state index in [1.165, 1.54) is 0 Å². The van der Waals surface area contributed by atoms with Gasteiger partial charge in [-0.2, -0.15) is 0 Å². The number of amides is 2. The fourth-order valence-corrected chi connectivity index (χ4v) is 3.81. The molecule has 1 aliphatic rings. The second kappa shape index (κ2) is 8.95. The summed E-state index contributed by atoms with van der Waals surface area (Å²) in [6.45, 7) is 1.08.